The van der Waals surface area contributed by atoms with E-state index in [0.29, 0.717) is 12.8 Å². The molecule has 33 heavy (non-hydrogen) atoms. The third-order valence-corrected chi connectivity index (χ3v) is 5.80. The molecule has 0 bridgehead atoms. The van der Waals surface area contributed by atoms with Crippen molar-refractivity contribution in [1.29, 1.82) is 5.26 Å². The van der Waals surface area contributed by atoms with Gasteiger partial charge in [0.15, 0.2) is 5.78 Å². The summed E-state index contributed by atoms with van der Waals surface area (Å²) in [4.78, 5) is 12.8. The number of nitriles is 1. The Morgan fingerprint density at radius 1 is 1.18 bits per heavy atom. The molecule has 2 rings (SSSR count). The van der Waals surface area contributed by atoms with Crippen LogP contribution in [0.2, 0.25) is 0 Å². The lowest BCUT2D eigenvalue weighted by molar-refractivity contribution is -0.117. The van der Waals surface area contributed by atoms with E-state index in [1.165, 1.54) is 25.2 Å². The fraction of sp³-hybridized carbons (Fsp3) is 0.500. The van der Waals surface area contributed by atoms with Gasteiger partial charge in [0.25, 0.3) is 0 Å². The van der Waals surface area contributed by atoms with E-state index >= 15 is 0 Å². The number of ketones is 1. The van der Waals surface area contributed by atoms with E-state index < -0.39 is 46.5 Å². The maximum absolute atomic E-state index is 13.3. The van der Waals surface area contributed by atoms with Gasteiger partial charge >= 0.3 is 12.4 Å². The van der Waals surface area contributed by atoms with Crippen molar-refractivity contribution in [3.8, 4) is 6.07 Å². The summed E-state index contributed by atoms with van der Waals surface area (Å²) in [7, 11) is 0. The molecule has 0 spiro atoms. The second kappa shape index (κ2) is 10.0. The number of halogens is 6. The Balaban J connectivity index is 2.17. The highest BCUT2D eigenvalue weighted by Crippen LogP contribution is 2.53. The molecule has 2 aliphatic carbocycles. The van der Waals surface area contributed by atoms with Crippen molar-refractivity contribution in [3.63, 3.8) is 0 Å². The van der Waals surface area contributed by atoms with Crippen LogP contribution in [0.3, 0.4) is 0 Å². The van der Waals surface area contributed by atoms with Gasteiger partial charge in [0.2, 0.25) is 0 Å². The maximum atomic E-state index is 13.3. The van der Waals surface area contributed by atoms with Crippen LogP contribution in [0, 0.1) is 28.6 Å². The minimum atomic E-state index is -4.63. The molecule has 1 saturated carbocycles. The van der Waals surface area contributed by atoms with E-state index in [1.807, 2.05) is 0 Å². The lowest BCUT2D eigenvalue weighted by Gasteiger charge is -2.24. The van der Waals surface area contributed by atoms with E-state index in [2.05, 4.69) is 6.07 Å². The summed E-state index contributed by atoms with van der Waals surface area (Å²) in [6.07, 6.45) is -1.32. The van der Waals surface area contributed by atoms with E-state index in [9.17, 15) is 36.4 Å². The molecule has 0 saturated heterocycles. The Morgan fingerprint density at radius 3 is 2.36 bits per heavy atom. The largest absolute Gasteiger partial charge is 0.491 e. The first-order valence-electron chi connectivity index (χ1n) is 10.4. The van der Waals surface area contributed by atoms with Gasteiger partial charge < -0.3 is 4.74 Å². The summed E-state index contributed by atoms with van der Waals surface area (Å²) < 4.78 is 83.5. The van der Waals surface area contributed by atoms with Crippen LogP contribution in [-0.4, -0.2) is 24.7 Å². The lowest BCUT2D eigenvalue weighted by Crippen LogP contribution is -2.27. The Morgan fingerprint density at radius 2 is 1.82 bits per heavy atom. The molecule has 0 aromatic rings. The highest BCUT2D eigenvalue weighted by molar-refractivity contribution is 5.99. The average Bonchev–Trinajstić information content (AvgIpc) is 3.55. The second-order valence-corrected chi connectivity index (χ2v) is 8.34. The molecular weight excluding hydrogens is 448 g/mol. The van der Waals surface area contributed by atoms with Crippen molar-refractivity contribution in [2.75, 3.05) is 6.61 Å². The number of carbonyl (C=O) groups is 1. The van der Waals surface area contributed by atoms with E-state index in [4.69, 9.17) is 4.74 Å². The standard InChI is InChI=1S/C24H25F6NO2/c1-4-16(11-10-15(2)23(25,26)27)21(32)17-12-19(17)22(3,13-31)14-33-20-9-7-5-6-8-18(20)24(28,29)30/h6-11,17,19H,4-5,12,14H2,1-3H3/b15-10+,16-11+/t17?,19-,22?/m1/s1. The number of carbonyl (C=O) groups excluding carboxylic acids is 1. The first-order valence-corrected chi connectivity index (χ1v) is 10.4. The van der Waals surface area contributed by atoms with Gasteiger partial charge in [-0.2, -0.15) is 31.6 Å². The Kier molecular flexibility index (Phi) is 8.04. The van der Waals surface area contributed by atoms with Gasteiger partial charge in [-0.05, 0) is 56.8 Å². The van der Waals surface area contributed by atoms with Crippen molar-refractivity contribution in [2.45, 2.75) is 52.4 Å². The topological polar surface area (TPSA) is 50.1 Å². The lowest BCUT2D eigenvalue weighted by atomic mass is 9.85. The van der Waals surface area contributed by atoms with Crippen LogP contribution < -0.4 is 0 Å². The molecular formula is C24H25F6NO2. The van der Waals surface area contributed by atoms with Gasteiger partial charge in [-0.15, -0.1) is 0 Å². The first-order chi connectivity index (χ1) is 15.2. The third-order valence-electron chi connectivity index (χ3n) is 5.80. The van der Waals surface area contributed by atoms with Gasteiger partial charge in [0.1, 0.15) is 12.4 Å². The van der Waals surface area contributed by atoms with Crippen molar-refractivity contribution in [2.24, 2.45) is 17.3 Å². The predicted octanol–water partition coefficient (Wildman–Crippen LogP) is 6.92. The average molecular weight is 473 g/mol. The molecule has 0 N–H and O–H groups in total. The highest BCUT2D eigenvalue weighted by atomic mass is 19.4. The summed E-state index contributed by atoms with van der Waals surface area (Å²) in [5, 5.41) is 9.71. The molecule has 2 unspecified atom stereocenters. The van der Waals surface area contributed by atoms with Gasteiger partial charge in [-0.3, -0.25) is 4.79 Å². The van der Waals surface area contributed by atoms with E-state index in [-0.39, 0.29) is 24.4 Å². The van der Waals surface area contributed by atoms with Gasteiger partial charge in [0, 0.05) is 11.5 Å². The SMILES string of the molecule is CC/C(=C\C=C(/C)C(F)(F)F)C(=O)C1C[C@H]1C(C)(C#N)COC1=C(C(F)(F)F)C=CCC=C1. The zero-order chi connectivity index (χ0) is 25.0. The monoisotopic (exact) mass is 473 g/mol. The molecule has 0 aromatic carbocycles. The fourth-order valence-electron chi connectivity index (χ4n) is 3.54. The zero-order valence-corrected chi connectivity index (χ0v) is 18.5. The van der Waals surface area contributed by atoms with Crippen LogP contribution in [-0.2, 0) is 9.53 Å². The quantitative estimate of drug-likeness (QED) is 0.219. The summed E-state index contributed by atoms with van der Waals surface area (Å²) in [5.74, 6) is -1.83. The molecule has 3 nitrogen and oxygen atoms in total. The smallest absolute Gasteiger partial charge is 0.419 e. The second-order valence-electron chi connectivity index (χ2n) is 8.34. The predicted molar refractivity (Wildman–Crippen MR) is 110 cm³/mol. The number of hydrogen-bond acceptors (Lipinski definition) is 3. The van der Waals surface area contributed by atoms with Gasteiger partial charge in [-0.1, -0.05) is 31.2 Å². The summed E-state index contributed by atoms with van der Waals surface area (Å²) in [6.45, 7) is 3.70. The molecule has 9 heteroatoms. The Bertz CT molecular complexity index is 959. The van der Waals surface area contributed by atoms with E-state index in [1.54, 1.807) is 6.92 Å². The highest BCUT2D eigenvalue weighted by Gasteiger charge is 2.54. The number of allylic oxidation sites excluding steroid dienone is 9. The first kappa shape index (κ1) is 26.5. The Labute approximate surface area is 188 Å². The van der Waals surface area contributed by atoms with Crippen molar-refractivity contribution in [3.05, 3.63) is 58.9 Å². The molecule has 0 aliphatic heterocycles. The molecule has 0 aromatic heterocycles. The molecule has 1 fully saturated rings. The van der Waals surface area contributed by atoms with Crippen molar-refractivity contribution >= 4 is 5.78 Å². The number of nitrogens with zero attached hydrogens (tertiary/aromatic N) is 1. The molecule has 0 amide bonds. The van der Waals surface area contributed by atoms with Crippen molar-refractivity contribution < 1.29 is 35.9 Å². The normalized spacial score (nSPS) is 23.6. The number of Topliss-reactive ketones (excluding diaryl/α,β-unsaturated/α-hetero) is 1. The number of ether oxygens (including phenoxy) is 1. The van der Waals surface area contributed by atoms with Gasteiger partial charge in [-0.25, -0.2) is 0 Å². The van der Waals surface area contributed by atoms with Crippen LogP contribution in [0.4, 0.5) is 26.3 Å². The van der Waals surface area contributed by atoms with Gasteiger partial charge in [0.05, 0.1) is 17.1 Å². The van der Waals surface area contributed by atoms with Crippen LogP contribution >= 0.6 is 0 Å². The Hall–Kier alpha value is -2.76. The summed E-state index contributed by atoms with van der Waals surface area (Å²) in [5.41, 5.74) is -2.85. The summed E-state index contributed by atoms with van der Waals surface area (Å²) >= 11 is 0. The number of rotatable bonds is 8. The molecule has 2 aliphatic rings. The summed E-state index contributed by atoms with van der Waals surface area (Å²) in [6, 6.07) is 2.06. The van der Waals surface area contributed by atoms with Crippen LogP contribution in [0.15, 0.2) is 58.9 Å². The molecule has 0 radical (unpaired) electrons. The third kappa shape index (κ3) is 6.62. The van der Waals surface area contributed by atoms with Crippen LogP contribution in [0.1, 0.15) is 40.0 Å². The van der Waals surface area contributed by atoms with E-state index in [0.717, 1.165) is 25.2 Å². The zero-order valence-electron chi connectivity index (χ0n) is 18.5. The van der Waals surface area contributed by atoms with Crippen molar-refractivity contribution in [1.82, 2.24) is 0 Å². The van der Waals surface area contributed by atoms with Crippen LogP contribution in [0.25, 0.3) is 0 Å². The number of hydrogen-bond donors (Lipinski definition) is 0. The number of alkyl halides is 6. The fourth-order valence-corrected chi connectivity index (χ4v) is 3.54. The minimum Gasteiger partial charge on any atom is -0.491 e. The molecule has 180 valence electrons. The van der Waals surface area contributed by atoms with Crippen LogP contribution in [0.5, 0.6) is 0 Å². The molecule has 0 heterocycles. The molecule has 3 atom stereocenters. The minimum absolute atomic E-state index is 0.200. The maximum Gasteiger partial charge on any atom is 0.419 e.